The number of rotatable bonds is 8. The van der Waals surface area contributed by atoms with Crippen LogP contribution in [0.15, 0.2) is 42.9 Å². The molecule has 1 aliphatic heterocycles. The van der Waals surface area contributed by atoms with Crippen molar-refractivity contribution in [3.63, 3.8) is 0 Å². The highest BCUT2D eigenvalue weighted by molar-refractivity contribution is 5.93. The van der Waals surface area contributed by atoms with E-state index in [0.29, 0.717) is 51.3 Å². The number of hydrogen-bond acceptors (Lipinski definition) is 8. The minimum atomic E-state index is -0.465. The molecule has 5 aliphatic rings. The highest BCUT2D eigenvalue weighted by Crippen LogP contribution is 2.58. The number of carbonyl (C=O) groups excluding carboxylic acids is 2. The van der Waals surface area contributed by atoms with Gasteiger partial charge in [-0.3, -0.25) is 14.4 Å². The summed E-state index contributed by atoms with van der Waals surface area (Å²) >= 11 is 0. The van der Waals surface area contributed by atoms with E-state index in [-0.39, 0.29) is 40.4 Å². The predicted octanol–water partition coefficient (Wildman–Crippen LogP) is 6.41. The zero-order valence-corrected chi connectivity index (χ0v) is 30.2. The van der Waals surface area contributed by atoms with Gasteiger partial charge in [-0.15, -0.1) is 0 Å². The first-order chi connectivity index (χ1) is 23.9. The quantitative estimate of drug-likeness (QED) is 0.289. The summed E-state index contributed by atoms with van der Waals surface area (Å²) in [6.45, 7) is 9.69. The Hall–Kier alpha value is -3.99. The molecule has 8 rings (SSSR count). The van der Waals surface area contributed by atoms with Crippen LogP contribution in [0.4, 0.5) is 10.7 Å². The van der Waals surface area contributed by atoms with Crippen LogP contribution in [0.1, 0.15) is 96.1 Å². The van der Waals surface area contributed by atoms with Gasteiger partial charge in [-0.05, 0) is 126 Å². The molecule has 0 unspecified atom stereocenters. The van der Waals surface area contributed by atoms with Crippen LogP contribution in [0.3, 0.4) is 0 Å². The summed E-state index contributed by atoms with van der Waals surface area (Å²) in [6.07, 6.45) is 13.5. The SMILES string of the molecule is COc1ccc(C23CCC(CN(C(=O)C4CCC(OC(=O)N5CC(O)C5)CC4)c4nccc(-c5cnn(C(C)(C)C)c5)n4)(CC2)CC3)cc1C. The first-order valence-electron chi connectivity index (χ1n) is 18.4. The molecule has 1 N–H and O–H groups in total. The van der Waals surface area contributed by atoms with Crippen LogP contribution in [-0.2, 0) is 20.5 Å². The molecule has 3 aromatic rings. The molecule has 11 nitrogen and oxygen atoms in total. The van der Waals surface area contributed by atoms with Gasteiger partial charge in [-0.2, -0.15) is 5.10 Å². The van der Waals surface area contributed by atoms with Crippen molar-refractivity contribution in [2.75, 3.05) is 31.6 Å². The minimum Gasteiger partial charge on any atom is -0.496 e. The average Bonchev–Trinajstić information content (AvgIpc) is 3.62. The lowest BCUT2D eigenvalue weighted by atomic mass is 9.51. The van der Waals surface area contributed by atoms with Crippen LogP contribution < -0.4 is 9.64 Å². The molecule has 11 heteroatoms. The van der Waals surface area contributed by atoms with Crippen molar-refractivity contribution in [1.29, 1.82) is 0 Å². The summed E-state index contributed by atoms with van der Waals surface area (Å²) in [6, 6.07) is 8.56. The number of hydrogen-bond donors (Lipinski definition) is 1. The Bertz CT molecular complexity index is 1690. The van der Waals surface area contributed by atoms with E-state index >= 15 is 0 Å². The zero-order valence-electron chi connectivity index (χ0n) is 30.2. The van der Waals surface area contributed by atoms with Gasteiger partial charge in [0.2, 0.25) is 11.9 Å². The normalized spacial score (nSPS) is 26.7. The second-order valence-corrected chi connectivity index (χ2v) is 16.4. The second-order valence-electron chi connectivity index (χ2n) is 16.4. The van der Waals surface area contributed by atoms with Crippen molar-refractivity contribution in [1.82, 2.24) is 24.6 Å². The van der Waals surface area contributed by atoms with Crippen LogP contribution in [0.2, 0.25) is 0 Å². The van der Waals surface area contributed by atoms with Gasteiger partial charge >= 0.3 is 6.09 Å². The molecule has 3 heterocycles. The Kier molecular flexibility index (Phi) is 9.16. The molecule has 2 bridgehead atoms. The fraction of sp³-hybridized carbons (Fsp3) is 0.615. The molecule has 2 amide bonds. The Morgan fingerprint density at radius 2 is 1.72 bits per heavy atom. The van der Waals surface area contributed by atoms with Gasteiger partial charge in [0.25, 0.3) is 0 Å². The van der Waals surface area contributed by atoms with Gasteiger partial charge in [0, 0.05) is 30.4 Å². The Morgan fingerprint density at radius 3 is 2.32 bits per heavy atom. The van der Waals surface area contributed by atoms with Crippen LogP contribution in [0.25, 0.3) is 11.3 Å². The lowest BCUT2D eigenvalue weighted by Crippen LogP contribution is -2.54. The number of fused-ring (bicyclic) bond motifs is 3. The number of carbonyl (C=O) groups is 2. The maximum Gasteiger partial charge on any atom is 0.410 e. The van der Waals surface area contributed by atoms with E-state index in [2.05, 4.69) is 51.0 Å². The van der Waals surface area contributed by atoms with Crippen molar-refractivity contribution in [2.45, 2.75) is 115 Å². The second kappa shape index (κ2) is 13.3. The van der Waals surface area contributed by atoms with Crippen molar-refractivity contribution < 1.29 is 24.2 Å². The van der Waals surface area contributed by atoms with Crippen LogP contribution in [0, 0.1) is 18.3 Å². The summed E-state index contributed by atoms with van der Waals surface area (Å²) in [4.78, 5) is 40.3. The molecule has 0 spiro atoms. The molecule has 0 radical (unpaired) electrons. The number of benzene rings is 1. The van der Waals surface area contributed by atoms with Gasteiger partial charge in [-0.25, -0.2) is 14.8 Å². The highest BCUT2D eigenvalue weighted by Gasteiger charge is 2.51. The van der Waals surface area contributed by atoms with Crippen molar-refractivity contribution >= 4 is 17.9 Å². The molecule has 1 saturated heterocycles. The molecular formula is C39H52N6O5. The van der Waals surface area contributed by atoms with Crippen molar-refractivity contribution in [2.24, 2.45) is 11.3 Å². The number of likely N-dealkylation sites (tertiary alicyclic amines) is 1. The maximum atomic E-state index is 14.6. The lowest BCUT2D eigenvalue weighted by Gasteiger charge is -2.55. The molecule has 5 fully saturated rings. The van der Waals surface area contributed by atoms with E-state index in [1.165, 1.54) is 16.0 Å². The number of amides is 2. The molecule has 4 saturated carbocycles. The molecular weight excluding hydrogens is 632 g/mol. The number of aryl methyl sites for hydroxylation is 1. The number of aliphatic hydroxyl groups excluding tert-OH is 1. The van der Waals surface area contributed by atoms with E-state index in [4.69, 9.17) is 19.4 Å². The van der Waals surface area contributed by atoms with Gasteiger partial charge < -0.3 is 19.5 Å². The van der Waals surface area contributed by atoms with E-state index in [1.54, 1.807) is 13.3 Å². The average molecular weight is 685 g/mol. The maximum absolute atomic E-state index is 14.6. The minimum absolute atomic E-state index is 0.00389. The Balaban J connectivity index is 1.10. The summed E-state index contributed by atoms with van der Waals surface area (Å²) in [5.41, 5.74) is 4.22. The van der Waals surface area contributed by atoms with Gasteiger partial charge in [0.1, 0.15) is 11.9 Å². The monoisotopic (exact) mass is 684 g/mol. The van der Waals surface area contributed by atoms with E-state index in [1.807, 2.05) is 28.0 Å². The van der Waals surface area contributed by atoms with Gasteiger partial charge in [0.05, 0.1) is 43.7 Å². The third kappa shape index (κ3) is 6.73. The largest absolute Gasteiger partial charge is 0.496 e. The summed E-state index contributed by atoms with van der Waals surface area (Å²) in [5.74, 6) is 1.24. The number of ether oxygens (including phenoxy) is 2. The first-order valence-corrected chi connectivity index (χ1v) is 18.4. The third-order valence-corrected chi connectivity index (χ3v) is 12.0. The number of aromatic nitrogens is 4. The summed E-state index contributed by atoms with van der Waals surface area (Å²) in [7, 11) is 1.72. The van der Waals surface area contributed by atoms with Crippen molar-refractivity contribution in [3.8, 4) is 17.0 Å². The number of aliphatic hydroxyl groups is 1. The van der Waals surface area contributed by atoms with Crippen LogP contribution in [-0.4, -0.2) is 80.7 Å². The van der Waals surface area contributed by atoms with Gasteiger partial charge in [0.15, 0.2) is 0 Å². The van der Waals surface area contributed by atoms with Crippen LogP contribution >= 0.6 is 0 Å². The van der Waals surface area contributed by atoms with E-state index < -0.39 is 6.10 Å². The molecule has 268 valence electrons. The molecule has 50 heavy (non-hydrogen) atoms. The number of nitrogens with zero attached hydrogens (tertiary/aromatic N) is 6. The topological polar surface area (TPSA) is 123 Å². The Morgan fingerprint density at radius 1 is 1.02 bits per heavy atom. The molecule has 4 aliphatic carbocycles. The van der Waals surface area contributed by atoms with Crippen LogP contribution in [0.5, 0.6) is 5.75 Å². The first kappa shape index (κ1) is 34.5. The highest BCUT2D eigenvalue weighted by atomic mass is 16.6. The molecule has 0 atom stereocenters. The molecule has 1 aromatic carbocycles. The standard InChI is InChI=1S/C39H52N6O5/c1-26-20-29(8-11-33(26)49-5)39-16-13-38(14-17-39,15-18-39)25-44(35-40-19-12-32(42-35)28-21-41-45(22-28)37(2,3)4)34(47)27-6-9-31(10-7-27)50-36(48)43-23-30(46)24-43/h8,11-12,19-22,27,30-31,46H,6-7,9-10,13-18,23-25H2,1-5H3. The molecule has 2 aromatic heterocycles. The smallest absolute Gasteiger partial charge is 0.410 e. The fourth-order valence-electron chi connectivity index (χ4n) is 8.66. The van der Waals surface area contributed by atoms with Gasteiger partial charge in [-0.1, -0.05) is 12.1 Å². The summed E-state index contributed by atoms with van der Waals surface area (Å²) < 4.78 is 13.2. The fourth-order valence-corrected chi connectivity index (χ4v) is 8.66. The predicted molar refractivity (Wildman–Crippen MR) is 190 cm³/mol. The lowest BCUT2D eigenvalue weighted by molar-refractivity contribution is -0.125. The van der Waals surface area contributed by atoms with E-state index in [0.717, 1.165) is 55.5 Å². The number of β-amino-alcohol motifs (C(OH)–C–C–N with tert-alkyl or cyclic N) is 1. The number of methoxy groups -OCH3 is 1. The van der Waals surface area contributed by atoms with E-state index in [9.17, 15) is 14.7 Å². The zero-order chi connectivity index (χ0) is 35.3. The Labute approximate surface area is 295 Å². The number of anilines is 1. The van der Waals surface area contributed by atoms with Crippen molar-refractivity contribution in [3.05, 3.63) is 54.0 Å². The summed E-state index contributed by atoms with van der Waals surface area (Å²) in [5, 5.41) is 14.2. The third-order valence-electron chi connectivity index (χ3n) is 12.0.